The fourth-order valence-corrected chi connectivity index (χ4v) is 5.70. The zero-order valence-electron chi connectivity index (χ0n) is 24.9. The lowest BCUT2D eigenvalue weighted by Gasteiger charge is -2.43. The number of amides is 2. The third-order valence-electron chi connectivity index (χ3n) is 8.01. The molecule has 224 valence electrons. The summed E-state index contributed by atoms with van der Waals surface area (Å²) in [6.45, 7) is 6.23. The first kappa shape index (κ1) is 28.9. The first-order valence-corrected chi connectivity index (χ1v) is 15.0. The third-order valence-corrected chi connectivity index (χ3v) is 8.01. The number of hydroxylamine groups is 1. The number of nitrogens with one attached hydrogen (secondary N) is 2. The molecule has 0 spiro atoms. The smallest absolute Gasteiger partial charge is 0.408 e. The van der Waals surface area contributed by atoms with Crippen LogP contribution in [0, 0.1) is 0 Å². The third kappa shape index (κ3) is 6.28. The van der Waals surface area contributed by atoms with Gasteiger partial charge >= 0.3 is 6.09 Å². The van der Waals surface area contributed by atoms with Gasteiger partial charge in [-0.15, -0.1) is 0 Å². The lowest BCUT2D eigenvalue weighted by atomic mass is 9.71. The quantitative estimate of drug-likeness (QED) is 0.234. The highest BCUT2D eigenvalue weighted by Gasteiger charge is 2.41. The highest BCUT2D eigenvalue weighted by molar-refractivity contribution is 5.95. The van der Waals surface area contributed by atoms with Gasteiger partial charge < -0.3 is 14.8 Å². The van der Waals surface area contributed by atoms with Crippen LogP contribution in [0.2, 0.25) is 0 Å². The molecule has 3 heterocycles. The number of aromatic nitrogens is 2. The lowest BCUT2D eigenvalue weighted by Crippen LogP contribution is -2.52. The van der Waals surface area contributed by atoms with Crippen molar-refractivity contribution in [1.82, 2.24) is 20.2 Å². The van der Waals surface area contributed by atoms with Gasteiger partial charge in [0.05, 0.1) is 16.9 Å². The van der Waals surface area contributed by atoms with Gasteiger partial charge in [0.1, 0.15) is 11.2 Å². The largest absolute Gasteiger partial charge is 0.444 e. The van der Waals surface area contributed by atoms with Crippen LogP contribution in [0.4, 0.5) is 4.79 Å². The summed E-state index contributed by atoms with van der Waals surface area (Å²) >= 11 is 0. The summed E-state index contributed by atoms with van der Waals surface area (Å²) in [5, 5.41) is 3.13. The minimum Gasteiger partial charge on any atom is -0.444 e. The first-order valence-electron chi connectivity index (χ1n) is 15.0. The molecule has 1 atom stereocenters. The number of pyridine rings is 1. The molecule has 2 aromatic heterocycles. The lowest BCUT2D eigenvalue weighted by molar-refractivity contribution is -0.186. The number of imidazole rings is 1. The predicted octanol–water partition coefficient (Wildman–Crippen LogP) is 6.76. The van der Waals surface area contributed by atoms with Gasteiger partial charge in [-0.2, -0.15) is 0 Å². The molecule has 1 unspecified atom stereocenters. The first-order chi connectivity index (χ1) is 20.7. The van der Waals surface area contributed by atoms with Crippen molar-refractivity contribution >= 4 is 17.6 Å². The van der Waals surface area contributed by atoms with Crippen LogP contribution in [-0.2, 0) is 19.9 Å². The Morgan fingerprint density at radius 3 is 2.40 bits per heavy atom. The van der Waals surface area contributed by atoms with Crippen LogP contribution in [0.15, 0.2) is 72.9 Å². The maximum atomic E-state index is 12.9. The minimum absolute atomic E-state index is 0.352. The van der Waals surface area contributed by atoms with E-state index in [1.54, 1.807) is 12.1 Å². The zero-order chi connectivity index (χ0) is 30.0. The Labute approximate surface area is 251 Å². The predicted molar refractivity (Wildman–Crippen MR) is 163 cm³/mol. The minimum atomic E-state index is -0.562. The monoisotopic (exact) mass is 582 g/mol. The number of alkyl carbamates (subject to hydrolysis) is 1. The van der Waals surface area contributed by atoms with Crippen molar-refractivity contribution in [2.24, 2.45) is 0 Å². The van der Waals surface area contributed by atoms with Crippen LogP contribution >= 0.6 is 0 Å². The molecule has 6 rings (SSSR count). The molecule has 0 bridgehead atoms. The van der Waals surface area contributed by atoms with Crippen LogP contribution in [0.1, 0.15) is 75.2 Å². The van der Waals surface area contributed by atoms with Crippen LogP contribution in [-0.4, -0.2) is 39.9 Å². The van der Waals surface area contributed by atoms with Gasteiger partial charge in [0.2, 0.25) is 0 Å². The van der Waals surface area contributed by atoms with Crippen LogP contribution in [0.5, 0.6) is 0 Å². The molecule has 1 saturated heterocycles. The van der Waals surface area contributed by atoms with E-state index in [0.29, 0.717) is 17.8 Å². The second-order valence-electron chi connectivity index (χ2n) is 12.3. The molecule has 1 saturated carbocycles. The second-order valence-corrected chi connectivity index (χ2v) is 12.3. The Bertz CT molecular complexity index is 1600. The van der Waals surface area contributed by atoms with Crippen LogP contribution < -0.4 is 10.8 Å². The standard InChI is InChI=1S/C34H38N4O5/c1-33(2,3)42-32(40)36-34(18-9-19-34)26-15-13-23(14-16-26)29-30(24-10-5-4-6-11-24)38-20-17-25(22-27(38)35-29)31(39)37-43-28-12-7-8-21-41-28/h4-6,10-11,13-17,20,22,28H,7-9,12,18-19,21H2,1-3H3,(H,36,40)(H,37,39). The van der Waals surface area contributed by atoms with Gasteiger partial charge in [0, 0.05) is 35.9 Å². The van der Waals surface area contributed by atoms with Crippen molar-refractivity contribution in [3.05, 3.63) is 84.1 Å². The number of rotatable bonds is 7. The molecule has 9 heteroatoms. The molecule has 2 aromatic carbocycles. The van der Waals surface area contributed by atoms with Crippen molar-refractivity contribution in [3.8, 4) is 22.5 Å². The fraction of sp³-hybridized carbons (Fsp3) is 0.382. The van der Waals surface area contributed by atoms with E-state index in [4.69, 9.17) is 19.3 Å². The van der Waals surface area contributed by atoms with Crippen molar-refractivity contribution in [2.75, 3.05) is 6.61 Å². The van der Waals surface area contributed by atoms with Gasteiger partial charge in [0.25, 0.3) is 5.91 Å². The number of fused-ring (bicyclic) bond motifs is 1. The summed E-state index contributed by atoms with van der Waals surface area (Å²) in [6.07, 6.45) is 6.55. The van der Waals surface area contributed by atoms with E-state index >= 15 is 0 Å². The van der Waals surface area contributed by atoms with Gasteiger partial charge in [-0.25, -0.2) is 20.1 Å². The Kier molecular flexibility index (Phi) is 7.94. The van der Waals surface area contributed by atoms with Crippen molar-refractivity contribution in [3.63, 3.8) is 0 Å². The highest BCUT2D eigenvalue weighted by Crippen LogP contribution is 2.42. The Hall–Kier alpha value is -4.21. The Balaban J connectivity index is 1.29. The average Bonchev–Trinajstić information content (AvgIpc) is 3.37. The number of nitrogens with zero attached hydrogens (tertiary/aromatic N) is 2. The number of hydrogen-bond donors (Lipinski definition) is 2. The van der Waals surface area contributed by atoms with Gasteiger partial charge in [-0.05, 0) is 70.6 Å². The zero-order valence-corrected chi connectivity index (χ0v) is 24.9. The molecule has 2 amide bonds. The molecule has 9 nitrogen and oxygen atoms in total. The van der Waals surface area contributed by atoms with E-state index < -0.39 is 23.5 Å². The van der Waals surface area contributed by atoms with Gasteiger partial charge in [-0.1, -0.05) is 54.6 Å². The molecule has 0 radical (unpaired) electrons. The number of hydrogen-bond acceptors (Lipinski definition) is 6. The van der Waals surface area contributed by atoms with E-state index in [2.05, 4.69) is 22.9 Å². The second kappa shape index (κ2) is 11.8. The number of carbonyl (C=O) groups is 2. The maximum absolute atomic E-state index is 12.9. The molecule has 2 aliphatic rings. The van der Waals surface area contributed by atoms with Crippen molar-refractivity contribution in [2.45, 2.75) is 76.7 Å². The Morgan fingerprint density at radius 2 is 1.74 bits per heavy atom. The van der Waals surface area contributed by atoms with E-state index in [-0.39, 0.29) is 5.91 Å². The molecule has 1 aliphatic carbocycles. The summed E-state index contributed by atoms with van der Waals surface area (Å²) in [7, 11) is 0. The summed E-state index contributed by atoms with van der Waals surface area (Å²) in [4.78, 5) is 36.0. The maximum Gasteiger partial charge on any atom is 0.408 e. The number of carbonyl (C=O) groups excluding carboxylic acids is 2. The molecular formula is C34H38N4O5. The molecule has 2 fully saturated rings. The molecule has 4 aromatic rings. The van der Waals surface area contributed by atoms with Crippen molar-refractivity contribution in [1.29, 1.82) is 0 Å². The number of ether oxygens (including phenoxy) is 2. The van der Waals surface area contributed by atoms with Crippen LogP contribution in [0.3, 0.4) is 0 Å². The molecule has 2 N–H and O–H groups in total. The average molecular weight is 583 g/mol. The number of benzene rings is 2. The fourth-order valence-electron chi connectivity index (χ4n) is 5.70. The molecule has 1 aliphatic heterocycles. The van der Waals surface area contributed by atoms with E-state index in [9.17, 15) is 9.59 Å². The van der Waals surface area contributed by atoms with E-state index in [1.165, 1.54) is 0 Å². The van der Waals surface area contributed by atoms with Crippen LogP contribution in [0.25, 0.3) is 28.2 Å². The summed E-state index contributed by atoms with van der Waals surface area (Å²) in [6, 6.07) is 21.8. The summed E-state index contributed by atoms with van der Waals surface area (Å²) in [5.41, 5.74) is 7.32. The summed E-state index contributed by atoms with van der Waals surface area (Å²) < 4.78 is 13.1. The topological polar surface area (TPSA) is 103 Å². The SMILES string of the molecule is CC(C)(C)OC(=O)NC1(c2ccc(-c3nc4cc(C(=O)NOC5CCCCO5)ccn4c3-c3ccccc3)cc2)CCC1. The molecule has 43 heavy (non-hydrogen) atoms. The highest BCUT2D eigenvalue weighted by atomic mass is 16.8. The van der Waals surface area contributed by atoms with Crippen molar-refractivity contribution < 1.29 is 23.9 Å². The summed E-state index contributed by atoms with van der Waals surface area (Å²) in [5.74, 6) is -0.352. The molecular weight excluding hydrogens is 544 g/mol. The van der Waals surface area contributed by atoms with E-state index in [1.807, 2.05) is 73.8 Å². The van der Waals surface area contributed by atoms with E-state index in [0.717, 1.165) is 66.6 Å². The normalized spacial score (nSPS) is 18.1. The Morgan fingerprint density at radius 1 is 0.977 bits per heavy atom. The van der Waals surface area contributed by atoms with Gasteiger partial charge in [-0.3, -0.25) is 9.20 Å². The van der Waals surface area contributed by atoms with Gasteiger partial charge in [0.15, 0.2) is 6.29 Å².